The van der Waals surface area contributed by atoms with E-state index in [0.717, 1.165) is 23.0 Å². The normalized spacial score (nSPS) is 10.9. The van der Waals surface area contributed by atoms with E-state index >= 15 is 0 Å². The zero-order valence-electron chi connectivity index (χ0n) is 11.0. The molecular weight excluding hydrogens is 222 g/mol. The number of hydrogen-bond acceptors (Lipinski definition) is 2. The summed E-state index contributed by atoms with van der Waals surface area (Å²) in [7, 11) is 0. The minimum atomic E-state index is 0.278. The molecule has 2 aromatic rings. The van der Waals surface area contributed by atoms with E-state index < -0.39 is 0 Å². The summed E-state index contributed by atoms with van der Waals surface area (Å²) >= 11 is 0. The number of phenolic OH excluding ortho intramolecular Hbond substituents is 1. The monoisotopic (exact) mass is 243 g/mol. The lowest BCUT2D eigenvalue weighted by Gasteiger charge is -2.04. The fourth-order valence-electron chi connectivity index (χ4n) is 2.22. The van der Waals surface area contributed by atoms with Crippen molar-refractivity contribution in [1.82, 2.24) is 4.98 Å². The third-order valence-electron chi connectivity index (χ3n) is 3.29. The third kappa shape index (κ3) is 3.22. The Hall–Kier alpha value is -1.57. The second-order valence-electron chi connectivity index (χ2n) is 4.82. The van der Waals surface area contributed by atoms with Gasteiger partial charge in [-0.3, -0.25) is 0 Å². The molecule has 0 aliphatic rings. The summed E-state index contributed by atoms with van der Waals surface area (Å²) in [6.45, 7) is 2.23. The predicted molar refractivity (Wildman–Crippen MR) is 75.9 cm³/mol. The van der Waals surface area contributed by atoms with Gasteiger partial charge in [0.1, 0.15) is 11.3 Å². The number of aryl methyl sites for hydroxylation is 1. The Labute approximate surface area is 109 Å². The molecule has 18 heavy (non-hydrogen) atoms. The molecule has 0 spiro atoms. The van der Waals surface area contributed by atoms with Crippen molar-refractivity contribution in [2.75, 3.05) is 0 Å². The van der Waals surface area contributed by atoms with Gasteiger partial charge in [0.15, 0.2) is 0 Å². The van der Waals surface area contributed by atoms with Crippen molar-refractivity contribution in [3.8, 4) is 5.75 Å². The number of unbranched alkanes of at least 4 members (excludes halogenated alkanes) is 4. The molecule has 0 atom stereocenters. The van der Waals surface area contributed by atoms with Gasteiger partial charge >= 0.3 is 0 Å². The molecule has 0 saturated heterocycles. The fraction of sp³-hybridized carbons (Fsp3) is 0.438. The van der Waals surface area contributed by atoms with Gasteiger partial charge in [-0.1, -0.05) is 50.8 Å². The minimum absolute atomic E-state index is 0.278. The lowest BCUT2D eigenvalue weighted by atomic mass is 10.1. The summed E-state index contributed by atoms with van der Waals surface area (Å²) in [6.07, 6.45) is 7.39. The standard InChI is InChI=1S/C16H21NO/c1-2-3-4-5-6-9-14-12-11-13-8-7-10-15(18)16(13)17-14/h7-8,10-12,18H,2-6,9H2,1H3. The van der Waals surface area contributed by atoms with Gasteiger partial charge in [0, 0.05) is 11.1 Å². The zero-order chi connectivity index (χ0) is 12.8. The molecule has 2 nitrogen and oxygen atoms in total. The molecule has 0 fully saturated rings. The molecule has 0 bridgehead atoms. The SMILES string of the molecule is CCCCCCCc1ccc2cccc(O)c2n1. The topological polar surface area (TPSA) is 33.1 Å². The lowest BCUT2D eigenvalue weighted by molar-refractivity contribution is 0.480. The Morgan fingerprint density at radius 2 is 1.83 bits per heavy atom. The van der Waals surface area contributed by atoms with Crippen LogP contribution in [-0.2, 0) is 6.42 Å². The van der Waals surface area contributed by atoms with Crippen molar-refractivity contribution in [2.24, 2.45) is 0 Å². The van der Waals surface area contributed by atoms with Gasteiger partial charge in [0.05, 0.1) is 0 Å². The Balaban J connectivity index is 1.99. The molecule has 1 N–H and O–H groups in total. The predicted octanol–water partition coefficient (Wildman–Crippen LogP) is 4.45. The van der Waals surface area contributed by atoms with Crippen LogP contribution < -0.4 is 0 Å². The van der Waals surface area contributed by atoms with Crippen molar-refractivity contribution in [3.63, 3.8) is 0 Å². The number of para-hydroxylation sites is 1. The van der Waals surface area contributed by atoms with Crippen LogP contribution in [0.25, 0.3) is 10.9 Å². The Kier molecular flexibility index (Phi) is 4.57. The number of aromatic hydroxyl groups is 1. The first kappa shape index (κ1) is 12.9. The number of nitrogens with zero attached hydrogens (tertiary/aromatic N) is 1. The quantitative estimate of drug-likeness (QED) is 0.760. The number of phenols is 1. The zero-order valence-corrected chi connectivity index (χ0v) is 11.0. The van der Waals surface area contributed by atoms with E-state index in [-0.39, 0.29) is 5.75 Å². The van der Waals surface area contributed by atoms with E-state index in [1.54, 1.807) is 6.07 Å². The second kappa shape index (κ2) is 6.39. The highest BCUT2D eigenvalue weighted by Crippen LogP contribution is 2.22. The van der Waals surface area contributed by atoms with Gasteiger partial charge in [-0.25, -0.2) is 4.98 Å². The summed E-state index contributed by atoms with van der Waals surface area (Å²) in [4.78, 5) is 4.54. The first-order valence-corrected chi connectivity index (χ1v) is 6.89. The summed E-state index contributed by atoms with van der Waals surface area (Å²) in [6, 6.07) is 9.64. The van der Waals surface area contributed by atoms with E-state index in [1.165, 1.54) is 32.1 Å². The van der Waals surface area contributed by atoms with Gasteiger partial charge in [-0.15, -0.1) is 0 Å². The number of rotatable bonds is 6. The van der Waals surface area contributed by atoms with Gasteiger partial charge in [0.2, 0.25) is 0 Å². The number of fused-ring (bicyclic) bond motifs is 1. The van der Waals surface area contributed by atoms with E-state index in [0.29, 0.717) is 0 Å². The van der Waals surface area contributed by atoms with Crippen LogP contribution in [0.1, 0.15) is 44.7 Å². The summed E-state index contributed by atoms with van der Waals surface area (Å²) < 4.78 is 0. The smallest absolute Gasteiger partial charge is 0.141 e. The van der Waals surface area contributed by atoms with Crippen LogP contribution in [0.2, 0.25) is 0 Å². The Morgan fingerprint density at radius 3 is 2.67 bits per heavy atom. The molecule has 0 aliphatic carbocycles. The second-order valence-corrected chi connectivity index (χ2v) is 4.82. The van der Waals surface area contributed by atoms with Crippen LogP contribution in [0, 0.1) is 0 Å². The van der Waals surface area contributed by atoms with Crippen molar-refractivity contribution in [2.45, 2.75) is 45.4 Å². The maximum Gasteiger partial charge on any atom is 0.141 e. The van der Waals surface area contributed by atoms with Gasteiger partial charge < -0.3 is 5.11 Å². The van der Waals surface area contributed by atoms with Crippen molar-refractivity contribution in [3.05, 3.63) is 36.0 Å². The maximum atomic E-state index is 9.77. The highest BCUT2D eigenvalue weighted by atomic mass is 16.3. The third-order valence-corrected chi connectivity index (χ3v) is 3.29. The maximum absolute atomic E-state index is 9.77. The lowest BCUT2D eigenvalue weighted by Crippen LogP contribution is -1.91. The molecule has 1 aromatic heterocycles. The molecule has 1 heterocycles. The molecule has 0 aliphatic heterocycles. The Morgan fingerprint density at radius 1 is 1.00 bits per heavy atom. The average Bonchev–Trinajstić information content (AvgIpc) is 2.39. The molecule has 1 aromatic carbocycles. The van der Waals surface area contributed by atoms with Crippen molar-refractivity contribution in [1.29, 1.82) is 0 Å². The molecule has 2 rings (SSSR count). The fourth-order valence-corrected chi connectivity index (χ4v) is 2.22. The highest BCUT2D eigenvalue weighted by molar-refractivity contribution is 5.84. The molecule has 0 amide bonds. The van der Waals surface area contributed by atoms with Gasteiger partial charge in [-0.2, -0.15) is 0 Å². The van der Waals surface area contributed by atoms with Gasteiger partial charge in [-0.05, 0) is 25.0 Å². The summed E-state index contributed by atoms with van der Waals surface area (Å²) in [5.41, 5.74) is 1.81. The van der Waals surface area contributed by atoms with Crippen LogP contribution in [-0.4, -0.2) is 10.1 Å². The van der Waals surface area contributed by atoms with Crippen LogP contribution in [0.3, 0.4) is 0 Å². The highest BCUT2D eigenvalue weighted by Gasteiger charge is 2.02. The summed E-state index contributed by atoms with van der Waals surface area (Å²) in [5.74, 6) is 0.278. The van der Waals surface area contributed by atoms with E-state index in [1.807, 2.05) is 18.2 Å². The van der Waals surface area contributed by atoms with Crippen LogP contribution in [0.15, 0.2) is 30.3 Å². The molecule has 0 radical (unpaired) electrons. The molecular formula is C16H21NO. The van der Waals surface area contributed by atoms with Crippen molar-refractivity contribution < 1.29 is 5.11 Å². The summed E-state index contributed by atoms with van der Waals surface area (Å²) in [5, 5.41) is 10.8. The van der Waals surface area contributed by atoms with Crippen LogP contribution in [0.5, 0.6) is 5.75 Å². The molecule has 2 heteroatoms. The number of benzene rings is 1. The molecule has 0 saturated carbocycles. The molecule has 0 unspecified atom stereocenters. The van der Waals surface area contributed by atoms with E-state index in [4.69, 9.17) is 0 Å². The first-order valence-electron chi connectivity index (χ1n) is 6.89. The number of pyridine rings is 1. The van der Waals surface area contributed by atoms with E-state index in [9.17, 15) is 5.11 Å². The first-order chi connectivity index (χ1) is 8.81. The Bertz CT molecular complexity index is 507. The largest absolute Gasteiger partial charge is 0.506 e. The van der Waals surface area contributed by atoms with Crippen LogP contribution >= 0.6 is 0 Å². The minimum Gasteiger partial charge on any atom is -0.506 e. The number of hydrogen-bond donors (Lipinski definition) is 1. The van der Waals surface area contributed by atoms with E-state index in [2.05, 4.69) is 18.0 Å². The molecule has 96 valence electrons. The van der Waals surface area contributed by atoms with Crippen molar-refractivity contribution >= 4 is 10.9 Å². The average molecular weight is 243 g/mol. The van der Waals surface area contributed by atoms with Gasteiger partial charge in [0.25, 0.3) is 0 Å². The van der Waals surface area contributed by atoms with Crippen LogP contribution in [0.4, 0.5) is 0 Å². The number of aromatic nitrogens is 1.